The van der Waals surface area contributed by atoms with Gasteiger partial charge in [-0.25, -0.2) is 0 Å². The average Bonchev–Trinajstić information content (AvgIpc) is 2.94. The van der Waals surface area contributed by atoms with E-state index >= 15 is 0 Å². The van der Waals surface area contributed by atoms with Gasteiger partial charge < -0.3 is 15.0 Å². The number of hydrogen-bond donors (Lipinski definition) is 1. The fraction of sp³-hybridized carbons (Fsp3) is 0.938. The zero-order chi connectivity index (χ0) is 15.5. The van der Waals surface area contributed by atoms with Gasteiger partial charge >= 0.3 is 0 Å². The maximum atomic E-state index is 5.20. The van der Waals surface area contributed by atoms with Gasteiger partial charge in [0.05, 0.1) is 13.2 Å². The summed E-state index contributed by atoms with van der Waals surface area (Å²) in [6.45, 7) is 10.3. The van der Waals surface area contributed by atoms with Crippen molar-refractivity contribution in [3.63, 3.8) is 0 Å². The molecule has 1 aliphatic rings. The molecule has 0 aromatic carbocycles. The SMILES string of the molecule is CCCCN(C)C(=NCC1CCCN1CCOC)NCC.I. The Morgan fingerprint density at radius 2 is 2.18 bits per heavy atom. The van der Waals surface area contributed by atoms with Gasteiger partial charge in [0.2, 0.25) is 0 Å². The highest BCUT2D eigenvalue weighted by molar-refractivity contribution is 14.0. The highest BCUT2D eigenvalue weighted by Gasteiger charge is 2.23. The van der Waals surface area contributed by atoms with Gasteiger partial charge in [-0.1, -0.05) is 13.3 Å². The molecule has 1 rings (SSSR count). The fourth-order valence-corrected chi connectivity index (χ4v) is 2.77. The Balaban J connectivity index is 0.00000441. The first-order chi connectivity index (χ1) is 10.2. The lowest BCUT2D eigenvalue weighted by atomic mass is 10.2. The number of hydrogen-bond acceptors (Lipinski definition) is 3. The van der Waals surface area contributed by atoms with Crippen LogP contribution in [-0.4, -0.2) is 75.3 Å². The van der Waals surface area contributed by atoms with Crippen molar-refractivity contribution < 1.29 is 4.74 Å². The predicted molar refractivity (Wildman–Crippen MR) is 105 cm³/mol. The lowest BCUT2D eigenvalue weighted by molar-refractivity contribution is 0.142. The molecule has 1 heterocycles. The largest absolute Gasteiger partial charge is 0.383 e. The summed E-state index contributed by atoms with van der Waals surface area (Å²) >= 11 is 0. The molecule has 6 heteroatoms. The van der Waals surface area contributed by atoms with Gasteiger partial charge in [-0.2, -0.15) is 0 Å². The first kappa shape index (κ1) is 21.9. The summed E-state index contributed by atoms with van der Waals surface area (Å²) in [6.07, 6.45) is 4.97. The summed E-state index contributed by atoms with van der Waals surface area (Å²) in [7, 11) is 3.91. The zero-order valence-electron chi connectivity index (χ0n) is 14.8. The van der Waals surface area contributed by atoms with Crippen LogP contribution in [-0.2, 0) is 4.74 Å². The average molecular weight is 426 g/mol. The van der Waals surface area contributed by atoms with E-state index in [1.165, 1.54) is 32.2 Å². The first-order valence-corrected chi connectivity index (χ1v) is 8.45. The van der Waals surface area contributed by atoms with Crippen molar-refractivity contribution in [1.29, 1.82) is 0 Å². The highest BCUT2D eigenvalue weighted by atomic mass is 127. The second kappa shape index (κ2) is 13.4. The van der Waals surface area contributed by atoms with Crippen LogP contribution in [0.4, 0.5) is 0 Å². The van der Waals surface area contributed by atoms with Crippen molar-refractivity contribution in [2.45, 2.75) is 45.6 Å². The van der Waals surface area contributed by atoms with Crippen LogP contribution < -0.4 is 5.32 Å². The molecule has 0 radical (unpaired) electrons. The molecule has 0 aromatic heterocycles. The molecule has 1 unspecified atom stereocenters. The van der Waals surface area contributed by atoms with Crippen molar-refractivity contribution in [1.82, 2.24) is 15.1 Å². The topological polar surface area (TPSA) is 40.1 Å². The van der Waals surface area contributed by atoms with Crippen molar-refractivity contribution in [2.75, 3.05) is 53.5 Å². The summed E-state index contributed by atoms with van der Waals surface area (Å²) in [5.41, 5.74) is 0. The molecule has 1 atom stereocenters. The minimum Gasteiger partial charge on any atom is -0.383 e. The van der Waals surface area contributed by atoms with Crippen LogP contribution in [0.15, 0.2) is 4.99 Å². The van der Waals surface area contributed by atoms with E-state index in [1.807, 2.05) is 0 Å². The van der Waals surface area contributed by atoms with Gasteiger partial charge in [0.1, 0.15) is 0 Å². The normalized spacial score (nSPS) is 19.1. The van der Waals surface area contributed by atoms with E-state index in [0.29, 0.717) is 6.04 Å². The quantitative estimate of drug-likeness (QED) is 0.349. The van der Waals surface area contributed by atoms with Gasteiger partial charge in [0.15, 0.2) is 5.96 Å². The molecule has 1 fully saturated rings. The molecule has 0 saturated carbocycles. The summed E-state index contributed by atoms with van der Waals surface area (Å²) in [6, 6.07) is 0.577. The second-order valence-electron chi connectivity index (χ2n) is 5.79. The second-order valence-corrected chi connectivity index (χ2v) is 5.79. The molecular weight excluding hydrogens is 391 g/mol. The monoisotopic (exact) mass is 426 g/mol. The number of unbranched alkanes of at least 4 members (excludes halogenated alkanes) is 1. The number of rotatable bonds is 9. The van der Waals surface area contributed by atoms with Crippen LogP contribution in [0.1, 0.15) is 39.5 Å². The number of aliphatic imine (C=N–C) groups is 1. The lowest BCUT2D eigenvalue weighted by Gasteiger charge is -2.25. The Morgan fingerprint density at radius 1 is 1.41 bits per heavy atom. The van der Waals surface area contributed by atoms with Crippen LogP contribution >= 0.6 is 24.0 Å². The molecule has 0 aliphatic carbocycles. The van der Waals surface area contributed by atoms with E-state index in [1.54, 1.807) is 7.11 Å². The third-order valence-corrected chi connectivity index (χ3v) is 4.08. The first-order valence-electron chi connectivity index (χ1n) is 8.45. The molecule has 0 aromatic rings. The number of guanidine groups is 1. The number of halogens is 1. The predicted octanol–water partition coefficient (Wildman–Crippen LogP) is 2.41. The Morgan fingerprint density at radius 3 is 2.82 bits per heavy atom. The van der Waals surface area contributed by atoms with E-state index in [9.17, 15) is 0 Å². The van der Waals surface area contributed by atoms with Crippen LogP contribution in [0.2, 0.25) is 0 Å². The molecule has 0 bridgehead atoms. The van der Waals surface area contributed by atoms with Crippen LogP contribution in [0, 0.1) is 0 Å². The van der Waals surface area contributed by atoms with Gasteiger partial charge in [-0.3, -0.25) is 9.89 Å². The standard InChI is InChI=1S/C16H34N4O.HI/c1-5-7-10-19(3)16(17-6-2)18-14-15-9-8-11-20(15)12-13-21-4;/h15H,5-14H2,1-4H3,(H,17,18);1H. The third kappa shape index (κ3) is 7.97. The third-order valence-electron chi connectivity index (χ3n) is 4.08. The van der Waals surface area contributed by atoms with Crippen molar-refractivity contribution >= 4 is 29.9 Å². The van der Waals surface area contributed by atoms with Gasteiger partial charge in [0, 0.05) is 39.8 Å². The lowest BCUT2D eigenvalue weighted by Crippen LogP contribution is -2.41. The molecule has 22 heavy (non-hydrogen) atoms. The van der Waals surface area contributed by atoms with E-state index < -0.39 is 0 Å². The number of nitrogens with zero attached hydrogens (tertiary/aromatic N) is 3. The molecule has 0 spiro atoms. The molecule has 0 amide bonds. The highest BCUT2D eigenvalue weighted by Crippen LogP contribution is 2.17. The molecule has 132 valence electrons. The van der Waals surface area contributed by atoms with Crippen LogP contribution in [0.3, 0.4) is 0 Å². The molecule has 5 nitrogen and oxygen atoms in total. The van der Waals surface area contributed by atoms with Crippen molar-refractivity contribution in [2.24, 2.45) is 4.99 Å². The smallest absolute Gasteiger partial charge is 0.193 e. The molecule has 1 saturated heterocycles. The minimum atomic E-state index is 0. The fourth-order valence-electron chi connectivity index (χ4n) is 2.77. The summed E-state index contributed by atoms with van der Waals surface area (Å²) in [5.74, 6) is 1.05. The summed E-state index contributed by atoms with van der Waals surface area (Å²) in [4.78, 5) is 9.62. The molecular formula is C16H35IN4O. The Hall–Kier alpha value is -0.0800. The van der Waals surface area contributed by atoms with Gasteiger partial charge in [-0.05, 0) is 32.7 Å². The van der Waals surface area contributed by atoms with E-state index in [2.05, 4.69) is 36.0 Å². The Bertz CT molecular complexity index is 302. The Kier molecular flexibility index (Phi) is 13.3. The maximum Gasteiger partial charge on any atom is 0.193 e. The summed E-state index contributed by atoms with van der Waals surface area (Å²) < 4.78 is 5.20. The van der Waals surface area contributed by atoms with Crippen molar-refractivity contribution in [3.8, 4) is 0 Å². The van der Waals surface area contributed by atoms with Crippen LogP contribution in [0.25, 0.3) is 0 Å². The zero-order valence-corrected chi connectivity index (χ0v) is 17.1. The van der Waals surface area contributed by atoms with E-state index in [0.717, 1.165) is 38.7 Å². The van der Waals surface area contributed by atoms with Crippen LogP contribution in [0.5, 0.6) is 0 Å². The van der Waals surface area contributed by atoms with Gasteiger partial charge in [-0.15, -0.1) is 24.0 Å². The maximum absolute atomic E-state index is 5.20. The van der Waals surface area contributed by atoms with Gasteiger partial charge in [0.25, 0.3) is 0 Å². The number of methoxy groups -OCH3 is 1. The minimum absolute atomic E-state index is 0. The molecule has 1 N–H and O–H groups in total. The number of ether oxygens (including phenoxy) is 1. The molecule has 1 aliphatic heterocycles. The Labute approximate surface area is 153 Å². The van der Waals surface area contributed by atoms with Crippen molar-refractivity contribution in [3.05, 3.63) is 0 Å². The van der Waals surface area contributed by atoms with E-state index in [-0.39, 0.29) is 24.0 Å². The summed E-state index contributed by atoms with van der Waals surface area (Å²) in [5, 5.41) is 3.41. The number of likely N-dealkylation sites (tertiary alicyclic amines) is 1. The number of nitrogens with one attached hydrogen (secondary N) is 1. The van der Waals surface area contributed by atoms with E-state index in [4.69, 9.17) is 9.73 Å².